The number of rotatable bonds is 7. The topological polar surface area (TPSA) is 44.5 Å². The summed E-state index contributed by atoms with van der Waals surface area (Å²) in [6.45, 7) is 3.46. The summed E-state index contributed by atoms with van der Waals surface area (Å²) in [5.74, 6) is 0.942. The van der Waals surface area contributed by atoms with Crippen LogP contribution in [0.4, 0.5) is 0 Å². The molecule has 1 unspecified atom stereocenters. The van der Waals surface area contributed by atoms with Crippen LogP contribution in [0.5, 0.6) is 5.75 Å². The zero-order valence-corrected chi connectivity index (χ0v) is 10.4. The molecule has 1 aliphatic carbocycles. The molecule has 3 nitrogen and oxygen atoms in total. The minimum atomic E-state index is 0.0318. The molecule has 2 N–H and O–H groups in total. The first-order valence-corrected chi connectivity index (χ1v) is 6.39. The molecule has 3 heteroatoms. The minimum Gasteiger partial charge on any atom is -0.490 e. The summed E-state index contributed by atoms with van der Waals surface area (Å²) >= 11 is 0. The van der Waals surface area contributed by atoms with Gasteiger partial charge in [-0.3, -0.25) is 0 Å². The smallest absolute Gasteiger partial charge is 0.120 e. The Bertz CT molecular complexity index is 350. The molecule has 94 valence electrons. The summed E-state index contributed by atoms with van der Waals surface area (Å²) in [5.41, 5.74) is 7.24. The van der Waals surface area contributed by atoms with E-state index in [0.29, 0.717) is 12.7 Å². The molecule has 0 aromatic heterocycles. The largest absolute Gasteiger partial charge is 0.490 e. The van der Waals surface area contributed by atoms with E-state index in [-0.39, 0.29) is 6.04 Å². The van der Waals surface area contributed by atoms with E-state index in [0.717, 1.165) is 24.3 Å². The van der Waals surface area contributed by atoms with Gasteiger partial charge < -0.3 is 15.2 Å². The van der Waals surface area contributed by atoms with Crippen molar-refractivity contribution in [2.75, 3.05) is 13.2 Å². The van der Waals surface area contributed by atoms with Crippen molar-refractivity contribution in [2.45, 2.75) is 38.3 Å². The van der Waals surface area contributed by atoms with Gasteiger partial charge in [-0.25, -0.2) is 0 Å². The van der Waals surface area contributed by atoms with Gasteiger partial charge in [-0.15, -0.1) is 0 Å². The predicted octanol–water partition coefficient (Wildman–Crippen LogP) is 2.65. The van der Waals surface area contributed by atoms with Crippen LogP contribution >= 0.6 is 0 Å². The van der Waals surface area contributed by atoms with Gasteiger partial charge in [0.1, 0.15) is 5.75 Å². The van der Waals surface area contributed by atoms with Gasteiger partial charge in [-0.05, 0) is 43.9 Å². The Balaban J connectivity index is 1.89. The fourth-order valence-electron chi connectivity index (χ4n) is 1.72. The maximum Gasteiger partial charge on any atom is 0.120 e. The molecule has 0 amide bonds. The number of ether oxygens (including phenoxy) is 2. The Morgan fingerprint density at radius 3 is 2.94 bits per heavy atom. The summed E-state index contributed by atoms with van der Waals surface area (Å²) < 4.78 is 11.1. The standard InChI is InChI=1S/C14H21NO2/c1-2-16-9-8-14(15)11-4-3-5-13(10-11)17-12-6-7-12/h3-5,10,12,14H,2,6-9,15H2,1H3. The van der Waals surface area contributed by atoms with Crippen molar-refractivity contribution < 1.29 is 9.47 Å². The number of hydrogen-bond donors (Lipinski definition) is 1. The van der Waals surface area contributed by atoms with Gasteiger partial charge in [-0.1, -0.05) is 12.1 Å². The van der Waals surface area contributed by atoms with Gasteiger partial charge in [0.2, 0.25) is 0 Å². The minimum absolute atomic E-state index is 0.0318. The van der Waals surface area contributed by atoms with Gasteiger partial charge in [0.05, 0.1) is 6.10 Å². The van der Waals surface area contributed by atoms with Crippen molar-refractivity contribution in [1.29, 1.82) is 0 Å². The Morgan fingerprint density at radius 1 is 1.41 bits per heavy atom. The van der Waals surface area contributed by atoms with Crippen LogP contribution in [0.2, 0.25) is 0 Å². The van der Waals surface area contributed by atoms with Crippen molar-refractivity contribution >= 4 is 0 Å². The predicted molar refractivity (Wildman–Crippen MR) is 68.1 cm³/mol. The first kappa shape index (κ1) is 12.4. The first-order valence-electron chi connectivity index (χ1n) is 6.39. The third-order valence-corrected chi connectivity index (χ3v) is 2.89. The van der Waals surface area contributed by atoms with Gasteiger partial charge in [0, 0.05) is 19.3 Å². The Morgan fingerprint density at radius 2 is 2.24 bits per heavy atom. The number of hydrogen-bond acceptors (Lipinski definition) is 3. The lowest BCUT2D eigenvalue weighted by atomic mass is 10.1. The summed E-state index contributed by atoms with van der Waals surface area (Å²) in [4.78, 5) is 0. The molecular weight excluding hydrogens is 214 g/mol. The second-order valence-corrected chi connectivity index (χ2v) is 4.48. The molecule has 1 saturated carbocycles. The molecule has 0 bridgehead atoms. The number of nitrogens with two attached hydrogens (primary N) is 1. The monoisotopic (exact) mass is 235 g/mol. The maximum atomic E-state index is 6.12. The van der Waals surface area contributed by atoms with E-state index in [9.17, 15) is 0 Å². The van der Waals surface area contributed by atoms with Gasteiger partial charge in [-0.2, -0.15) is 0 Å². The van der Waals surface area contributed by atoms with E-state index in [1.807, 2.05) is 19.1 Å². The molecule has 0 heterocycles. The molecule has 0 spiro atoms. The van der Waals surface area contributed by atoms with E-state index in [1.54, 1.807) is 0 Å². The van der Waals surface area contributed by atoms with Gasteiger partial charge in [0.15, 0.2) is 0 Å². The van der Waals surface area contributed by atoms with E-state index in [1.165, 1.54) is 12.8 Å². The van der Waals surface area contributed by atoms with Crippen LogP contribution in [0.15, 0.2) is 24.3 Å². The molecule has 1 aliphatic rings. The van der Waals surface area contributed by atoms with Crippen LogP contribution in [0.1, 0.15) is 37.8 Å². The van der Waals surface area contributed by atoms with Crippen LogP contribution in [-0.2, 0) is 4.74 Å². The third kappa shape index (κ3) is 4.02. The van der Waals surface area contributed by atoms with Crippen molar-refractivity contribution in [3.8, 4) is 5.75 Å². The van der Waals surface area contributed by atoms with Gasteiger partial charge >= 0.3 is 0 Å². The van der Waals surface area contributed by atoms with Crippen LogP contribution in [0.3, 0.4) is 0 Å². The second kappa shape index (κ2) is 6.03. The van der Waals surface area contributed by atoms with Crippen molar-refractivity contribution in [1.82, 2.24) is 0 Å². The highest BCUT2D eigenvalue weighted by Gasteiger charge is 2.23. The molecule has 1 atom stereocenters. The van der Waals surface area contributed by atoms with Crippen LogP contribution in [-0.4, -0.2) is 19.3 Å². The second-order valence-electron chi connectivity index (χ2n) is 4.48. The average molecular weight is 235 g/mol. The van der Waals surface area contributed by atoms with Crippen molar-refractivity contribution in [3.05, 3.63) is 29.8 Å². The Hall–Kier alpha value is -1.06. The van der Waals surface area contributed by atoms with Crippen LogP contribution < -0.4 is 10.5 Å². The zero-order valence-electron chi connectivity index (χ0n) is 10.4. The summed E-state index contributed by atoms with van der Waals surface area (Å²) in [6, 6.07) is 8.14. The molecule has 1 aromatic rings. The lowest BCUT2D eigenvalue weighted by Crippen LogP contribution is -2.13. The lowest BCUT2D eigenvalue weighted by Gasteiger charge is -2.13. The van der Waals surface area contributed by atoms with Crippen molar-refractivity contribution in [3.63, 3.8) is 0 Å². The molecule has 0 saturated heterocycles. The summed E-state index contributed by atoms with van der Waals surface area (Å²) in [6.07, 6.45) is 3.65. The number of benzene rings is 1. The molecule has 1 fully saturated rings. The molecule has 2 rings (SSSR count). The van der Waals surface area contributed by atoms with E-state index in [4.69, 9.17) is 15.2 Å². The lowest BCUT2D eigenvalue weighted by molar-refractivity contribution is 0.140. The molecular formula is C14H21NO2. The maximum absolute atomic E-state index is 6.12. The highest BCUT2D eigenvalue weighted by molar-refractivity contribution is 5.30. The van der Waals surface area contributed by atoms with Crippen LogP contribution in [0, 0.1) is 0 Å². The Labute approximate surface area is 103 Å². The average Bonchev–Trinajstić information content (AvgIpc) is 3.13. The molecule has 1 aromatic carbocycles. The molecule has 17 heavy (non-hydrogen) atoms. The first-order chi connectivity index (χ1) is 8.29. The third-order valence-electron chi connectivity index (χ3n) is 2.89. The summed E-state index contributed by atoms with van der Waals surface area (Å²) in [5, 5.41) is 0. The molecule has 0 aliphatic heterocycles. The quantitative estimate of drug-likeness (QED) is 0.739. The SMILES string of the molecule is CCOCCC(N)c1cccc(OC2CC2)c1. The van der Waals surface area contributed by atoms with E-state index >= 15 is 0 Å². The van der Waals surface area contributed by atoms with Gasteiger partial charge in [0.25, 0.3) is 0 Å². The summed E-state index contributed by atoms with van der Waals surface area (Å²) in [7, 11) is 0. The highest BCUT2D eigenvalue weighted by atomic mass is 16.5. The highest BCUT2D eigenvalue weighted by Crippen LogP contribution is 2.28. The normalized spacial score (nSPS) is 16.8. The molecule has 0 radical (unpaired) electrons. The fourth-order valence-corrected chi connectivity index (χ4v) is 1.72. The van der Waals surface area contributed by atoms with E-state index in [2.05, 4.69) is 12.1 Å². The van der Waals surface area contributed by atoms with Crippen LogP contribution in [0.25, 0.3) is 0 Å². The Kier molecular flexibility index (Phi) is 4.40. The van der Waals surface area contributed by atoms with E-state index < -0.39 is 0 Å². The van der Waals surface area contributed by atoms with Crippen molar-refractivity contribution in [2.24, 2.45) is 5.73 Å². The fraction of sp³-hybridized carbons (Fsp3) is 0.571. The zero-order chi connectivity index (χ0) is 12.1.